The minimum atomic E-state index is -4.54. The summed E-state index contributed by atoms with van der Waals surface area (Å²) in [6.45, 7) is 0. The molecule has 18 heavy (non-hydrogen) atoms. The third-order valence-corrected chi connectivity index (χ3v) is 2.31. The van der Waals surface area contributed by atoms with Crippen LogP contribution in [0.5, 0.6) is 0 Å². The molecule has 1 aromatic heterocycles. The van der Waals surface area contributed by atoms with Crippen LogP contribution in [0.2, 0.25) is 0 Å². The highest BCUT2D eigenvalue weighted by Crippen LogP contribution is 2.37. The first-order valence-corrected chi connectivity index (χ1v) is 4.87. The van der Waals surface area contributed by atoms with Crippen molar-refractivity contribution in [2.45, 2.75) is 6.18 Å². The zero-order valence-corrected chi connectivity index (χ0v) is 8.82. The second-order valence-electron chi connectivity index (χ2n) is 3.49. The molecule has 0 saturated heterocycles. The molecular weight excluding hydrogens is 249 g/mol. The molecule has 2 aromatic rings. The molecular formula is C12H6F3O3-. The molecule has 3 nitrogen and oxygen atoms in total. The standard InChI is InChI=1S/C12H7F3O3/c13-12(14,15)8-4-2-1-3-7(8)9-5-6-10(18-9)11(16)17/h1-6H,(H,16,17)/p-1. The summed E-state index contributed by atoms with van der Waals surface area (Å²) in [5.74, 6) is -2.25. The van der Waals surface area contributed by atoms with Crippen LogP contribution in [0.1, 0.15) is 16.1 Å². The molecule has 0 aliphatic rings. The number of carboxylic acids is 1. The van der Waals surface area contributed by atoms with Crippen molar-refractivity contribution >= 4 is 5.97 Å². The average Bonchev–Trinajstić information content (AvgIpc) is 2.77. The molecule has 0 atom stereocenters. The Kier molecular flexibility index (Phi) is 2.86. The lowest BCUT2D eigenvalue weighted by atomic mass is 10.1. The van der Waals surface area contributed by atoms with Crippen molar-refractivity contribution in [3.63, 3.8) is 0 Å². The zero-order valence-electron chi connectivity index (χ0n) is 8.82. The Labute approximate surface area is 99.5 Å². The van der Waals surface area contributed by atoms with E-state index in [1.54, 1.807) is 0 Å². The molecule has 0 amide bonds. The normalized spacial score (nSPS) is 11.5. The maximum atomic E-state index is 12.7. The smallest absolute Gasteiger partial charge is 0.417 e. The molecule has 6 heteroatoms. The van der Waals surface area contributed by atoms with Gasteiger partial charge in [0.05, 0.1) is 5.56 Å². The van der Waals surface area contributed by atoms with Crippen molar-refractivity contribution in [3.05, 3.63) is 47.7 Å². The van der Waals surface area contributed by atoms with Gasteiger partial charge in [-0.1, -0.05) is 18.2 Å². The van der Waals surface area contributed by atoms with E-state index in [1.807, 2.05) is 0 Å². The third-order valence-electron chi connectivity index (χ3n) is 2.31. The largest absolute Gasteiger partial charge is 0.542 e. The number of furan rings is 1. The minimum absolute atomic E-state index is 0.165. The van der Waals surface area contributed by atoms with Crippen molar-refractivity contribution in [2.75, 3.05) is 0 Å². The SMILES string of the molecule is O=C([O-])c1ccc(-c2ccccc2C(F)(F)F)o1. The number of halogens is 3. The van der Waals surface area contributed by atoms with Gasteiger partial charge in [0.25, 0.3) is 0 Å². The predicted molar refractivity (Wildman–Crippen MR) is 53.5 cm³/mol. The van der Waals surface area contributed by atoms with Gasteiger partial charge in [-0.2, -0.15) is 13.2 Å². The highest BCUT2D eigenvalue weighted by Gasteiger charge is 2.34. The van der Waals surface area contributed by atoms with Gasteiger partial charge in [0.1, 0.15) is 17.5 Å². The van der Waals surface area contributed by atoms with Gasteiger partial charge in [-0.25, -0.2) is 0 Å². The highest BCUT2D eigenvalue weighted by molar-refractivity contribution is 5.83. The fourth-order valence-corrected chi connectivity index (χ4v) is 1.54. The molecule has 0 saturated carbocycles. The van der Waals surface area contributed by atoms with Crippen molar-refractivity contribution in [1.29, 1.82) is 0 Å². The predicted octanol–water partition coefficient (Wildman–Crippen LogP) is 2.33. The molecule has 1 heterocycles. The van der Waals surface area contributed by atoms with Crippen LogP contribution in [0.4, 0.5) is 13.2 Å². The van der Waals surface area contributed by atoms with E-state index in [0.29, 0.717) is 0 Å². The first-order valence-electron chi connectivity index (χ1n) is 4.87. The van der Waals surface area contributed by atoms with Crippen LogP contribution < -0.4 is 5.11 Å². The summed E-state index contributed by atoms with van der Waals surface area (Å²) >= 11 is 0. The number of carbonyl (C=O) groups is 1. The summed E-state index contributed by atoms with van der Waals surface area (Å²) in [7, 11) is 0. The topological polar surface area (TPSA) is 53.3 Å². The van der Waals surface area contributed by atoms with Crippen molar-refractivity contribution in [2.24, 2.45) is 0 Å². The summed E-state index contributed by atoms with van der Waals surface area (Å²) < 4.78 is 43.0. The van der Waals surface area contributed by atoms with E-state index < -0.39 is 23.5 Å². The highest BCUT2D eigenvalue weighted by atomic mass is 19.4. The van der Waals surface area contributed by atoms with Crippen molar-refractivity contribution in [3.8, 4) is 11.3 Å². The van der Waals surface area contributed by atoms with Gasteiger partial charge >= 0.3 is 6.18 Å². The summed E-state index contributed by atoms with van der Waals surface area (Å²) in [5, 5.41) is 10.5. The minimum Gasteiger partial charge on any atom is -0.542 e. The molecule has 2 rings (SSSR count). The number of hydrogen-bond donors (Lipinski definition) is 0. The van der Waals surface area contributed by atoms with Crippen LogP contribution in [0.3, 0.4) is 0 Å². The zero-order chi connectivity index (χ0) is 13.3. The molecule has 0 radical (unpaired) electrons. The van der Waals surface area contributed by atoms with Crippen LogP contribution in [-0.2, 0) is 6.18 Å². The average molecular weight is 255 g/mol. The molecule has 0 spiro atoms. The first-order chi connectivity index (χ1) is 8.39. The summed E-state index contributed by atoms with van der Waals surface area (Å²) in [4.78, 5) is 10.5. The molecule has 0 aliphatic heterocycles. The fourth-order valence-electron chi connectivity index (χ4n) is 1.54. The lowest BCUT2D eigenvalue weighted by molar-refractivity contribution is -0.257. The number of carbonyl (C=O) groups excluding carboxylic acids is 1. The maximum Gasteiger partial charge on any atom is 0.417 e. The Bertz CT molecular complexity index is 584. The molecule has 0 unspecified atom stereocenters. The molecule has 0 fully saturated rings. The monoisotopic (exact) mass is 255 g/mol. The summed E-state index contributed by atoms with van der Waals surface area (Å²) in [5.41, 5.74) is -1.10. The third kappa shape index (κ3) is 2.22. The Morgan fingerprint density at radius 2 is 1.78 bits per heavy atom. The van der Waals surface area contributed by atoms with E-state index in [9.17, 15) is 23.1 Å². The van der Waals surface area contributed by atoms with E-state index >= 15 is 0 Å². The van der Waals surface area contributed by atoms with E-state index in [1.165, 1.54) is 18.2 Å². The van der Waals surface area contributed by atoms with Gasteiger partial charge in [0, 0.05) is 5.56 Å². The number of benzene rings is 1. The Balaban J connectivity index is 2.53. The summed E-state index contributed by atoms with van der Waals surface area (Å²) in [6.07, 6.45) is -4.54. The van der Waals surface area contributed by atoms with Crippen molar-refractivity contribution in [1.82, 2.24) is 0 Å². The molecule has 0 N–H and O–H groups in total. The molecule has 0 bridgehead atoms. The summed E-state index contributed by atoms with van der Waals surface area (Å²) in [6, 6.07) is 6.98. The van der Waals surface area contributed by atoms with E-state index in [4.69, 9.17) is 4.42 Å². The van der Waals surface area contributed by atoms with Gasteiger partial charge in [-0.3, -0.25) is 0 Å². The number of aromatic carboxylic acids is 1. The molecule has 1 aromatic carbocycles. The number of hydrogen-bond acceptors (Lipinski definition) is 3. The lowest BCUT2D eigenvalue weighted by Gasteiger charge is -2.10. The van der Waals surface area contributed by atoms with Gasteiger partial charge in [0.2, 0.25) is 0 Å². The Morgan fingerprint density at radius 1 is 1.11 bits per heavy atom. The number of alkyl halides is 3. The second-order valence-corrected chi connectivity index (χ2v) is 3.49. The fraction of sp³-hybridized carbons (Fsp3) is 0.0833. The van der Waals surface area contributed by atoms with Gasteiger partial charge in [-0.15, -0.1) is 0 Å². The van der Waals surface area contributed by atoms with Gasteiger partial charge < -0.3 is 14.3 Å². The van der Waals surface area contributed by atoms with Crippen LogP contribution in [0, 0.1) is 0 Å². The van der Waals surface area contributed by atoms with Crippen molar-refractivity contribution < 1.29 is 27.5 Å². The Hall–Kier alpha value is -2.24. The maximum absolute atomic E-state index is 12.7. The van der Waals surface area contributed by atoms with Gasteiger partial charge in [0.15, 0.2) is 0 Å². The van der Waals surface area contributed by atoms with Crippen LogP contribution in [-0.4, -0.2) is 5.97 Å². The van der Waals surface area contributed by atoms with Crippen LogP contribution in [0.15, 0.2) is 40.8 Å². The first kappa shape index (κ1) is 12.2. The molecule has 94 valence electrons. The number of rotatable bonds is 2. The van der Waals surface area contributed by atoms with E-state index in [-0.39, 0.29) is 11.3 Å². The van der Waals surface area contributed by atoms with E-state index in [0.717, 1.165) is 18.2 Å². The van der Waals surface area contributed by atoms with Crippen LogP contribution in [0.25, 0.3) is 11.3 Å². The van der Waals surface area contributed by atoms with Gasteiger partial charge in [-0.05, 0) is 18.2 Å². The molecule has 0 aliphatic carbocycles. The lowest BCUT2D eigenvalue weighted by Crippen LogP contribution is -2.21. The van der Waals surface area contributed by atoms with Crippen LogP contribution >= 0.6 is 0 Å². The number of carboxylic acid groups (broad SMARTS) is 1. The second kappa shape index (κ2) is 4.21. The quantitative estimate of drug-likeness (QED) is 0.827. The Morgan fingerprint density at radius 3 is 2.33 bits per heavy atom. The van der Waals surface area contributed by atoms with E-state index in [2.05, 4.69) is 0 Å².